The van der Waals surface area contributed by atoms with Crippen molar-refractivity contribution in [2.45, 2.75) is 33.1 Å². The number of benzene rings is 1. The van der Waals surface area contributed by atoms with Gasteiger partial charge in [0.1, 0.15) is 11.5 Å². The third-order valence-electron chi connectivity index (χ3n) is 4.78. The summed E-state index contributed by atoms with van der Waals surface area (Å²) in [5.41, 5.74) is 8.34. The number of amides is 1. The molecule has 3 rings (SSSR count). The van der Waals surface area contributed by atoms with E-state index in [-0.39, 0.29) is 29.5 Å². The Kier molecular flexibility index (Phi) is 6.09. The molecule has 0 saturated heterocycles. The normalized spacial score (nSPS) is 13.3. The summed E-state index contributed by atoms with van der Waals surface area (Å²) in [5, 5.41) is 4.49. The van der Waals surface area contributed by atoms with Crippen LogP contribution in [0.4, 0.5) is 4.39 Å². The van der Waals surface area contributed by atoms with Gasteiger partial charge in [0.05, 0.1) is 0 Å². The van der Waals surface area contributed by atoms with Gasteiger partial charge >= 0.3 is 0 Å². The molecule has 1 heterocycles. The minimum Gasteiger partial charge on any atom is -0.340 e. The highest BCUT2D eigenvalue weighted by Crippen LogP contribution is 2.29. The molecule has 5 nitrogen and oxygen atoms in total. The number of carbonyl (C=O) groups is 1. The molecular formula is C19H26ClFN4O. The summed E-state index contributed by atoms with van der Waals surface area (Å²) < 4.78 is 15.8. The topological polar surface area (TPSA) is 64.2 Å². The van der Waals surface area contributed by atoms with Crippen molar-refractivity contribution in [1.29, 1.82) is 0 Å². The molecule has 1 aliphatic rings. The second-order valence-electron chi connectivity index (χ2n) is 7.52. The summed E-state index contributed by atoms with van der Waals surface area (Å²) in [4.78, 5) is 14.6. The van der Waals surface area contributed by atoms with Crippen molar-refractivity contribution in [2.75, 3.05) is 20.1 Å². The van der Waals surface area contributed by atoms with E-state index in [1.54, 1.807) is 34.8 Å². The van der Waals surface area contributed by atoms with E-state index < -0.39 is 0 Å². The van der Waals surface area contributed by atoms with Crippen LogP contribution < -0.4 is 5.73 Å². The highest BCUT2D eigenvalue weighted by atomic mass is 35.5. The molecule has 26 heavy (non-hydrogen) atoms. The SMILES string of the molecule is CN(CC(C)(C)CN)C(=O)c1nn(-c2ccccc2F)c2c1CCC2.Cl. The van der Waals surface area contributed by atoms with Crippen LogP contribution in [-0.4, -0.2) is 40.7 Å². The number of hydrogen-bond acceptors (Lipinski definition) is 3. The van der Waals surface area contributed by atoms with E-state index in [2.05, 4.69) is 5.10 Å². The van der Waals surface area contributed by atoms with Crippen LogP contribution in [0.2, 0.25) is 0 Å². The van der Waals surface area contributed by atoms with Crippen molar-refractivity contribution < 1.29 is 9.18 Å². The summed E-state index contributed by atoms with van der Waals surface area (Å²) in [7, 11) is 1.77. The van der Waals surface area contributed by atoms with Crippen molar-refractivity contribution in [2.24, 2.45) is 11.1 Å². The van der Waals surface area contributed by atoms with Crippen molar-refractivity contribution >= 4 is 18.3 Å². The zero-order chi connectivity index (χ0) is 18.2. The van der Waals surface area contributed by atoms with Gasteiger partial charge in [-0.25, -0.2) is 9.07 Å². The molecule has 0 spiro atoms. The number of fused-ring (bicyclic) bond motifs is 1. The van der Waals surface area contributed by atoms with Crippen LogP contribution in [0.5, 0.6) is 0 Å². The first-order valence-corrected chi connectivity index (χ1v) is 8.65. The molecule has 2 N–H and O–H groups in total. The van der Waals surface area contributed by atoms with E-state index in [1.807, 2.05) is 13.8 Å². The summed E-state index contributed by atoms with van der Waals surface area (Å²) in [6.45, 7) is 5.09. The molecule has 1 aromatic carbocycles. The predicted octanol–water partition coefficient (Wildman–Crippen LogP) is 2.98. The third-order valence-corrected chi connectivity index (χ3v) is 4.78. The molecule has 2 aromatic rings. The Bertz CT molecular complexity index is 803. The van der Waals surface area contributed by atoms with E-state index in [0.717, 1.165) is 30.5 Å². The standard InChI is InChI=1S/C19H25FN4O.ClH/c1-19(2,11-21)12-23(3)18(25)17-13-7-6-10-15(13)24(22-17)16-9-5-4-8-14(16)20;/h4-5,8-9H,6-7,10-12,21H2,1-3H3;1H. The summed E-state index contributed by atoms with van der Waals surface area (Å²) in [5.74, 6) is -0.467. The predicted molar refractivity (Wildman–Crippen MR) is 103 cm³/mol. The van der Waals surface area contributed by atoms with Crippen LogP contribution >= 0.6 is 12.4 Å². The van der Waals surface area contributed by atoms with Gasteiger partial charge < -0.3 is 10.6 Å². The van der Waals surface area contributed by atoms with Gasteiger partial charge in [0.15, 0.2) is 5.69 Å². The second kappa shape index (κ2) is 7.76. The Labute approximate surface area is 159 Å². The van der Waals surface area contributed by atoms with Crippen LogP contribution in [-0.2, 0) is 12.8 Å². The first-order valence-electron chi connectivity index (χ1n) is 8.65. The Morgan fingerprint density at radius 3 is 2.69 bits per heavy atom. The number of hydrogen-bond donors (Lipinski definition) is 1. The van der Waals surface area contributed by atoms with Crippen molar-refractivity contribution in [3.05, 3.63) is 47.0 Å². The Morgan fingerprint density at radius 1 is 1.35 bits per heavy atom. The number of nitrogens with zero attached hydrogens (tertiary/aromatic N) is 3. The van der Waals surface area contributed by atoms with E-state index in [1.165, 1.54) is 6.07 Å². The molecule has 0 atom stereocenters. The largest absolute Gasteiger partial charge is 0.340 e. The molecule has 0 aliphatic heterocycles. The summed E-state index contributed by atoms with van der Waals surface area (Å²) in [6.07, 6.45) is 2.57. The van der Waals surface area contributed by atoms with Crippen molar-refractivity contribution in [1.82, 2.24) is 14.7 Å². The molecule has 7 heteroatoms. The van der Waals surface area contributed by atoms with Crippen LogP contribution in [0.3, 0.4) is 0 Å². The highest BCUT2D eigenvalue weighted by Gasteiger charge is 2.30. The van der Waals surface area contributed by atoms with Crippen LogP contribution in [0, 0.1) is 11.2 Å². The average Bonchev–Trinajstić information content (AvgIpc) is 3.17. The number of halogens is 2. The quantitative estimate of drug-likeness (QED) is 0.867. The molecular weight excluding hydrogens is 355 g/mol. The van der Waals surface area contributed by atoms with Gasteiger partial charge in [0.2, 0.25) is 0 Å². The molecule has 1 amide bonds. The smallest absolute Gasteiger partial charge is 0.274 e. The number of nitrogens with two attached hydrogens (primary N) is 1. The van der Waals surface area contributed by atoms with Gasteiger partial charge in [-0.1, -0.05) is 26.0 Å². The molecule has 0 unspecified atom stereocenters. The molecule has 0 radical (unpaired) electrons. The third kappa shape index (κ3) is 3.76. The second-order valence-corrected chi connectivity index (χ2v) is 7.52. The first-order chi connectivity index (χ1) is 11.8. The fraction of sp³-hybridized carbons (Fsp3) is 0.474. The molecule has 0 fully saturated rings. The average molecular weight is 381 g/mol. The lowest BCUT2D eigenvalue weighted by Gasteiger charge is -2.28. The maximum atomic E-state index is 14.2. The molecule has 1 aromatic heterocycles. The fourth-order valence-corrected chi connectivity index (χ4v) is 3.39. The van der Waals surface area contributed by atoms with Crippen LogP contribution in [0.25, 0.3) is 5.69 Å². The minimum atomic E-state index is -0.337. The fourth-order valence-electron chi connectivity index (χ4n) is 3.39. The van der Waals surface area contributed by atoms with Gasteiger partial charge in [0.25, 0.3) is 5.91 Å². The van der Waals surface area contributed by atoms with Gasteiger partial charge in [-0.2, -0.15) is 5.10 Å². The summed E-state index contributed by atoms with van der Waals surface area (Å²) in [6, 6.07) is 6.53. The molecule has 0 bridgehead atoms. The summed E-state index contributed by atoms with van der Waals surface area (Å²) >= 11 is 0. The molecule has 1 aliphatic carbocycles. The van der Waals surface area contributed by atoms with Crippen LogP contribution in [0.1, 0.15) is 42.0 Å². The van der Waals surface area contributed by atoms with Gasteiger partial charge in [-0.15, -0.1) is 12.4 Å². The molecule has 142 valence electrons. The zero-order valence-corrected chi connectivity index (χ0v) is 16.3. The van der Waals surface area contributed by atoms with Crippen LogP contribution in [0.15, 0.2) is 24.3 Å². The van der Waals surface area contributed by atoms with E-state index >= 15 is 0 Å². The number of para-hydroxylation sites is 1. The van der Waals surface area contributed by atoms with Gasteiger partial charge in [-0.05, 0) is 43.4 Å². The Hall–Kier alpha value is -1.92. The minimum absolute atomic E-state index is 0. The Balaban J connectivity index is 0.00000243. The van der Waals surface area contributed by atoms with Crippen molar-refractivity contribution in [3.8, 4) is 5.69 Å². The van der Waals surface area contributed by atoms with Gasteiger partial charge in [0, 0.05) is 24.8 Å². The lowest BCUT2D eigenvalue weighted by molar-refractivity contribution is 0.0733. The Morgan fingerprint density at radius 2 is 2.04 bits per heavy atom. The van der Waals surface area contributed by atoms with Crippen molar-refractivity contribution in [3.63, 3.8) is 0 Å². The first kappa shape index (κ1) is 20.4. The zero-order valence-electron chi connectivity index (χ0n) is 15.5. The highest BCUT2D eigenvalue weighted by molar-refractivity contribution is 5.94. The number of aromatic nitrogens is 2. The molecule has 0 saturated carbocycles. The lowest BCUT2D eigenvalue weighted by atomic mass is 9.93. The number of carbonyl (C=O) groups excluding carboxylic acids is 1. The van der Waals surface area contributed by atoms with E-state index in [9.17, 15) is 9.18 Å². The van der Waals surface area contributed by atoms with Gasteiger partial charge in [-0.3, -0.25) is 4.79 Å². The van der Waals surface area contributed by atoms with E-state index in [0.29, 0.717) is 24.5 Å². The maximum Gasteiger partial charge on any atom is 0.274 e. The lowest BCUT2D eigenvalue weighted by Crippen LogP contribution is -2.40. The van der Waals surface area contributed by atoms with E-state index in [4.69, 9.17) is 5.73 Å². The number of rotatable bonds is 5. The monoisotopic (exact) mass is 380 g/mol. The maximum absolute atomic E-state index is 14.2.